The standard InChI is InChI=1S/C17H19N5O3/c23-15(11-22-9-10-25-17(22)24)20-5-7-21(8-6-20)16-13-3-1-2-4-14(13)18-12-19-16/h1-4,12H,5-11H2. The number of hydrogen-bond acceptors (Lipinski definition) is 6. The number of nitrogens with zero attached hydrogens (tertiary/aromatic N) is 5. The van der Waals surface area contributed by atoms with E-state index in [1.54, 1.807) is 11.2 Å². The van der Waals surface area contributed by atoms with E-state index in [1.165, 1.54) is 4.90 Å². The summed E-state index contributed by atoms with van der Waals surface area (Å²) in [5.74, 6) is 0.867. The van der Waals surface area contributed by atoms with Crippen LogP contribution in [0.5, 0.6) is 0 Å². The predicted molar refractivity (Wildman–Crippen MR) is 91.3 cm³/mol. The molecule has 2 fully saturated rings. The Morgan fingerprint density at radius 2 is 1.88 bits per heavy atom. The van der Waals surface area contributed by atoms with E-state index in [-0.39, 0.29) is 12.5 Å². The monoisotopic (exact) mass is 341 g/mol. The minimum atomic E-state index is -0.403. The second kappa shape index (κ2) is 6.54. The van der Waals surface area contributed by atoms with Gasteiger partial charge >= 0.3 is 6.09 Å². The Labute approximate surface area is 145 Å². The van der Waals surface area contributed by atoms with Gasteiger partial charge in [-0.1, -0.05) is 12.1 Å². The number of para-hydroxylation sites is 1. The van der Waals surface area contributed by atoms with Gasteiger partial charge in [0.05, 0.1) is 12.1 Å². The number of anilines is 1. The van der Waals surface area contributed by atoms with Crippen LogP contribution < -0.4 is 4.90 Å². The summed E-state index contributed by atoms with van der Waals surface area (Å²) in [4.78, 5) is 38.0. The molecular weight excluding hydrogens is 322 g/mol. The van der Waals surface area contributed by atoms with E-state index in [4.69, 9.17) is 4.74 Å². The Hall–Kier alpha value is -2.90. The molecule has 8 nitrogen and oxygen atoms in total. The molecular formula is C17H19N5O3. The van der Waals surface area contributed by atoms with Crippen LogP contribution in [0.2, 0.25) is 0 Å². The molecule has 2 aliphatic heterocycles. The van der Waals surface area contributed by atoms with Crippen molar-refractivity contribution in [3.05, 3.63) is 30.6 Å². The fraction of sp³-hybridized carbons (Fsp3) is 0.412. The second-order valence-corrected chi connectivity index (χ2v) is 6.12. The summed E-state index contributed by atoms with van der Waals surface area (Å²) in [5, 5.41) is 1.02. The first-order valence-corrected chi connectivity index (χ1v) is 8.36. The average Bonchev–Trinajstić information content (AvgIpc) is 3.06. The maximum absolute atomic E-state index is 12.4. The van der Waals surface area contributed by atoms with E-state index in [2.05, 4.69) is 14.9 Å². The first-order valence-electron chi connectivity index (χ1n) is 8.36. The van der Waals surface area contributed by atoms with Crippen molar-refractivity contribution in [3.8, 4) is 0 Å². The first-order chi connectivity index (χ1) is 12.2. The Balaban J connectivity index is 1.41. The van der Waals surface area contributed by atoms with Gasteiger partial charge in [0.1, 0.15) is 25.3 Å². The van der Waals surface area contributed by atoms with Crippen molar-refractivity contribution in [3.63, 3.8) is 0 Å². The van der Waals surface area contributed by atoms with Gasteiger partial charge in [0.2, 0.25) is 5.91 Å². The van der Waals surface area contributed by atoms with Crippen LogP contribution in [0.15, 0.2) is 30.6 Å². The number of benzene rings is 1. The molecule has 1 aromatic carbocycles. The van der Waals surface area contributed by atoms with Gasteiger partial charge in [-0.3, -0.25) is 9.69 Å². The van der Waals surface area contributed by atoms with E-state index >= 15 is 0 Å². The summed E-state index contributed by atoms with van der Waals surface area (Å²) in [6, 6.07) is 7.92. The lowest BCUT2D eigenvalue weighted by molar-refractivity contribution is -0.132. The lowest BCUT2D eigenvalue weighted by atomic mass is 10.2. The molecule has 130 valence electrons. The predicted octanol–water partition coefficient (Wildman–Crippen LogP) is 0.731. The Morgan fingerprint density at radius 1 is 1.08 bits per heavy atom. The third-order valence-corrected chi connectivity index (χ3v) is 4.62. The quantitative estimate of drug-likeness (QED) is 0.819. The highest BCUT2D eigenvalue weighted by molar-refractivity contribution is 5.89. The largest absolute Gasteiger partial charge is 0.448 e. The molecule has 0 bridgehead atoms. The van der Waals surface area contributed by atoms with E-state index < -0.39 is 6.09 Å². The number of rotatable bonds is 3. The van der Waals surface area contributed by atoms with Crippen molar-refractivity contribution < 1.29 is 14.3 Å². The molecule has 2 aliphatic rings. The van der Waals surface area contributed by atoms with Crippen LogP contribution >= 0.6 is 0 Å². The molecule has 3 heterocycles. The van der Waals surface area contributed by atoms with Crippen molar-refractivity contribution in [1.29, 1.82) is 0 Å². The molecule has 0 spiro atoms. The number of cyclic esters (lactones) is 1. The maximum atomic E-state index is 12.4. The van der Waals surface area contributed by atoms with Crippen LogP contribution in [0.4, 0.5) is 10.6 Å². The normalized spacial score (nSPS) is 17.9. The zero-order valence-electron chi connectivity index (χ0n) is 13.8. The maximum Gasteiger partial charge on any atom is 0.410 e. The molecule has 4 rings (SSSR count). The van der Waals surface area contributed by atoms with Gasteiger partial charge in [-0.25, -0.2) is 14.8 Å². The number of hydrogen-bond donors (Lipinski definition) is 0. The number of carbonyl (C=O) groups excluding carboxylic acids is 2. The van der Waals surface area contributed by atoms with Crippen LogP contribution in [-0.2, 0) is 9.53 Å². The van der Waals surface area contributed by atoms with Gasteiger partial charge in [-0.2, -0.15) is 0 Å². The number of ether oxygens (including phenoxy) is 1. The number of carbonyl (C=O) groups is 2. The Bertz CT molecular complexity index is 798. The summed E-state index contributed by atoms with van der Waals surface area (Å²) in [5.41, 5.74) is 0.915. The summed E-state index contributed by atoms with van der Waals surface area (Å²) in [7, 11) is 0. The zero-order valence-corrected chi connectivity index (χ0v) is 13.8. The zero-order chi connectivity index (χ0) is 17.2. The highest BCUT2D eigenvalue weighted by atomic mass is 16.6. The summed E-state index contributed by atoms with van der Waals surface area (Å²) < 4.78 is 4.86. The first kappa shape index (κ1) is 15.6. The lowest BCUT2D eigenvalue weighted by Crippen LogP contribution is -2.51. The summed E-state index contributed by atoms with van der Waals surface area (Å²) in [6.07, 6.45) is 1.17. The van der Waals surface area contributed by atoms with Crippen molar-refractivity contribution in [1.82, 2.24) is 19.8 Å². The molecule has 0 atom stereocenters. The van der Waals surface area contributed by atoms with Crippen LogP contribution in [0.25, 0.3) is 10.9 Å². The van der Waals surface area contributed by atoms with Crippen molar-refractivity contribution in [2.75, 3.05) is 50.8 Å². The van der Waals surface area contributed by atoms with Gasteiger partial charge in [-0.05, 0) is 12.1 Å². The third-order valence-electron chi connectivity index (χ3n) is 4.62. The molecule has 0 aliphatic carbocycles. The van der Waals surface area contributed by atoms with E-state index in [1.807, 2.05) is 24.3 Å². The highest BCUT2D eigenvalue weighted by Crippen LogP contribution is 2.23. The SMILES string of the molecule is O=C(CN1CCOC1=O)N1CCN(c2ncnc3ccccc23)CC1. The number of aromatic nitrogens is 2. The number of fused-ring (bicyclic) bond motifs is 1. The average molecular weight is 341 g/mol. The van der Waals surface area contributed by atoms with Gasteiger partial charge in [0, 0.05) is 31.6 Å². The van der Waals surface area contributed by atoms with Gasteiger partial charge in [0.15, 0.2) is 0 Å². The van der Waals surface area contributed by atoms with Crippen molar-refractivity contribution in [2.24, 2.45) is 0 Å². The number of amides is 2. The summed E-state index contributed by atoms with van der Waals surface area (Å²) >= 11 is 0. The van der Waals surface area contributed by atoms with Gasteiger partial charge < -0.3 is 14.5 Å². The molecule has 0 radical (unpaired) electrons. The Kier molecular flexibility index (Phi) is 4.09. The fourth-order valence-corrected chi connectivity index (χ4v) is 3.24. The summed E-state index contributed by atoms with van der Waals surface area (Å²) in [6.45, 7) is 3.57. The molecule has 2 amide bonds. The fourth-order valence-electron chi connectivity index (χ4n) is 3.24. The minimum absolute atomic E-state index is 0.0361. The smallest absolute Gasteiger partial charge is 0.410 e. The van der Waals surface area contributed by atoms with E-state index in [0.29, 0.717) is 39.3 Å². The molecule has 0 unspecified atom stereocenters. The molecule has 0 N–H and O–H groups in total. The lowest BCUT2D eigenvalue weighted by Gasteiger charge is -2.36. The van der Waals surface area contributed by atoms with Crippen molar-refractivity contribution in [2.45, 2.75) is 0 Å². The van der Waals surface area contributed by atoms with Crippen LogP contribution in [-0.4, -0.2) is 77.6 Å². The van der Waals surface area contributed by atoms with Crippen molar-refractivity contribution >= 4 is 28.7 Å². The molecule has 2 saturated heterocycles. The van der Waals surface area contributed by atoms with Crippen LogP contribution in [0.3, 0.4) is 0 Å². The molecule has 0 saturated carbocycles. The Morgan fingerprint density at radius 3 is 2.64 bits per heavy atom. The minimum Gasteiger partial charge on any atom is -0.448 e. The van der Waals surface area contributed by atoms with Crippen LogP contribution in [0, 0.1) is 0 Å². The molecule has 1 aromatic heterocycles. The van der Waals surface area contributed by atoms with Gasteiger partial charge in [-0.15, -0.1) is 0 Å². The second-order valence-electron chi connectivity index (χ2n) is 6.12. The topological polar surface area (TPSA) is 78.9 Å². The molecule has 8 heteroatoms. The number of piperazine rings is 1. The van der Waals surface area contributed by atoms with Gasteiger partial charge in [0.25, 0.3) is 0 Å². The van der Waals surface area contributed by atoms with E-state index in [0.717, 1.165) is 16.7 Å². The van der Waals surface area contributed by atoms with Crippen LogP contribution in [0.1, 0.15) is 0 Å². The molecule has 2 aromatic rings. The molecule has 25 heavy (non-hydrogen) atoms. The van der Waals surface area contributed by atoms with E-state index in [9.17, 15) is 9.59 Å². The highest BCUT2D eigenvalue weighted by Gasteiger charge is 2.28. The third kappa shape index (κ3) is 3.07.